The van der Waals surface area contributed by atoms with Gasteiger partial charge in [-0.3, -0.25) is 4.98 Å². The Morgan fingerprint density at radius 1 is 1.08 bits per heavy atom. The van der Waals surface area contributed by atoms with Crippen LogP contribution in [0.25, 0.3) is 17.1 Å². The van der Waals surface area contributed by atoms with E-state index in [1.165, 1.54) is 10.7 Å². The van der Waals surface area contributed by atoms with Gasteiger partial charge in [-0.05, 0) is 31.2 Å². The smallest absolute Gasteiger partial charge is 0.227 e. The molecule has 0 saturated carbocycles. The minimum absolute atomic E-state index is 0.352. The van der Waals surface area contributed by atoms with Crippen LogP contribution < -0.4 is 0 Å². The second-order valence-corrected chi connectivity index (χ2v) is 5.69. The molecule has 0 aliphatic carbocycles. The Kier molecular flexibility index (Phi) is 4.22. The Morgan fingerprint density at radius 2 is 1.96 bits per heavy atom. The zero-order valence-corrected chi connectivity index (χ0v) is 14.0. The molecule has 0 aliphatic heterocycles. The molecule has 0 saturated heterocycles. The van der Waals surface area contributed by atoms with Crippen LogP contribution in [0.1, 0.15) is 17.5 Å². The lowest BCUT2D eigenvalue weighted by Crippen LogP contribution is -2.06. The molecule has 1 aromatic carbocycles. The number of hydrogen-bond donors (Lipinski definition) is 0. The summed E-state index contributed by atoms with van der Waals surface area (Å²) in [5, 5.41) is 8.27. The first-order chi connectivity index (χ1) is 12.7. The molecule has 0 aliphatic rings. The summed E-state index contributed by atoms with van der Waals surface area (Å²) in [6.45, 7) is 1.77. The van der Waals surface area contributed by atoms with Crippen LogP contribution in [0.2, 0.25) is 0 Å². The van der Waals surface area contributed by atoms with Crippen molar-refractivity contribution in [2.24, 2.45) is 0 Å². The third kappa shape index (κ3) is 3.21. The van der Waals surface area contributed by atoms with Gasteiger partial charge < -0.3 is 4.52 Å². The molecular formula is C18H15FN6O. The largest absolute Gasteiger partial charge is 0.339 e. The maximum absolute atomic E-state index is 14.1. The number of pyridine rings is 1. The van der Waals surface area contributed by atoms with Crippen molar-refractivity contribution in [1.29, 1.82) is 0 Å². The minimum Gasteiger partial charge on any atom is -0.339 e. The topological polar surface area (TPSA) is 82.5 Å². The first-order valence-electron chi connectivity index (χ1n) is 8.11. The van der Waals surface area contributed by atoms with Crippen LogP contribution in [-0.4, -0.2) is 29.9 Å². The number of nitrogens with zero attached hydrogens (tertiary/aromatic N) is 6. The van der Waals surface area contributed by atoms with Gasteiger partial charge in [-0.15, -0.1) is 0 Å². The van der Waals surface area contributed by atoms with Crippen LogP contribution in [0.4, 0.5) is 4.39 Å². The van der Waals surface area contributed by atoms with Crippen molar-refractivity contribution in [1.82, 2.24) is 29.9 Å². The molecular weight excluding hydrogens is 335 g/mol. The predicted molar refractivity (Wildman–Crippen MR) is 91.0 cm³/mol. The summed E-state index contributed by atoms with van der Waals surface area (Å²) >= 11 is 0. The Morgan fingerprint density at radius 3 is 2.77 bits per heavy atom. The molecule has 0 bridgehead atoms. The fourth-order valence-corrected chi connectivity index (χ4v) is 2.62. The Hall–Kier alpha value is -3.42. The van der Waals surface area contributed by atoms with Crippen LogP contribution >= 0.6 is 0 Å². The van der Waals surface area contributed by atoms with E-state index in [-0.39, 0.29) is 5.82 Å². The fourth-order valence-electron chi connectivity index (χ4n) is 2.62. The first-order valence-corrected chi connectivity index (χ1v) is 8.11. The number of hydrogen-bond acceptors (Lipinski definition) is 6. The quantitative estimate of drug-likeness (QED) is 0.550. The molecule has 130 valence electrons. The van der Waals surface area contributed by atoms with Crippen molar-refractivity contribution in [3.63, 3.8) is 0 Å². The second-order valence-electron chi connectivity index (χ2n) is 5.69. The van der Waals surface area contributed by atoms with E-state index in [0.717, 1.165) is 5.56 Å². The molecule has 26 heavy (non-hydrogen) atoms. The maximum Gasteiger partial charge on any atom is 0.227 e. The summed E-state index contributed by atoms with van der Waals surface area (Å²) in [6.07, 6.45) is 4.32. The molecule has 0 unspecified atom stereocenters. The van der Waals surface area contributed by atoms with Gasteiger partial charge in [0.05, 0.1) is 0 Å². The number of benzene rings is 1. The van der Waals surface area contributed by atoms with Crippen molar-refractivity contribution in [3.05, 3.63) is 72.1 Å². The van der Waals surface area contributed by atoms with Crippen LogP contribution in [0, 0.1) is 12.7 Å². The van der Waals surface area contributed by atoms with E-state index >= 15 is 0 Å². The minimum atomic E-state index is -0.352. The van der Waals surface area contributed by atoms with Crippen molar-refractivity contribution < 1.29 is 8.91 Å². The van der Waals surface area contributed by atoms with E-state index < -0.39 is 0 Å². The van der Waals surface area contributed by atoms with E-state index in [2.05, 4.69) is 25.2 Å². The van der Waals surface area contributed by atoms with E-state index in [4.69, 9.17) is 4.52 Å². The summed E-state index contributed by atoms with van der Waals surface area (Å²) in [4.78, 5) is 12.8. The van der Waals surface area contributed by atoms with E-state index in [1.54, 1.807) is 37.5 Å². The Labute approximate surface area is 148 Å². The van der Waals surface area contributed by atoms with Crippen molar-refractivity contribution in [2.75, 3.05) is 0 Å². The highest BCUT2D eigenvalue weighted by Gasteiger charge is 2.15. The maximum atomic E-state index is 14.1. The van der Waals surface area contributed by atoms with E-state index in [0.29, 0.717) is 41.9 Å². The molecule has 0 radical (unpaired) electrons. The Bertz CT molecular complexity index is 1030. The highest BCUT2D eigenvalue weighted by Crippen LogP contribution is 2.17. The van der Waals surface area contributed by atoms with Crippen LogP contribution in [0.3, 0.4) is 0 Å². The molecule has 0 N–H and O–H groups in total. The average molecular weight is 350 g/mol. The molecule has 0 spiro atoms. The number of para-hydroxylation sites is 1. The van der Waals surface area contributed by atoms with Gasteiger partial charge in [0.2, 0.25) is 11.7 Å². The summed E-state index contributed by atoms with van der Waals surface area (Å²) in [7, 11) is 0. The highest BCUT2D eigenvalue weighted by molar-refractivity contribution is 5.51. The third-order valence-corrected chi connectivity index (χ3v) is 3.81. The predicted octanol–water partition coefficient (Wildman–Crippen LogP) is 2.95. The lowest BCUT2D eigenvalue weighted by atomic mass is 10.2. The SMILES string of the molecule is Cc1nc(CCc2nc(-c3cccnc3)no2)n(-c2ccccc2F)n1. The molecule has 3 aromatic heterocycles. The van der Waals surface area contributed by atoms with Crippen LogP contribution in [0.15, 0.2) is 53.3 Å². The Balaban J connectivity index is 1.54. The number of rotatable bonds is 5. The first kappa shape index (κ1) is 16.1. The summed E-state index contributed by atoms with van der Waals surface area (Å²) < 4.78 is 20.9. The number of halogens is 1. The normalized spacial score (nSPS) is 11.0. The van der Waals surface area contributed by atoms with Gasteiger partial charge in [0.1, 0.15) is 23.2 Å². The second kappa shape index (κ2) is 6.83. The molecule has 3 heterocycles. The summed E-state index contributed by atoms with van der Waals surface area (Å²) in [5.41, 5.74) is 1.15. The van der Waals surface area contributed by atoms with E-state index in [9.17, 15) is 4.39 Å². The van der Waals surface area contributed by atoms with Crippen LogP contribution in [-0.2, 0) is 12.8 Å². The van der Waals surface area contributed by atoms with Gasteiger partial charge in [-0.25, -0.2) is 14.1 Å². The molecule has 8 heteroatoms. The third-order valence-electron chi connectivity index (χ3n) is 3.81. The van der Waals surface area contributed by atoms with E-state index in [1.807, 2.05) is 12.1 Å². The zero-order chi connectivity index (χ0) is 17.9. The molecule has 0 amide bonds. The summed E-state index contributed by atoms with van der Waals surface area (Å²) in [5.74, 6) is 1.82. The summed E-state index contributed by atoms with van der Waals surface area (Å²) in [6, 6.07) is 10.1. The number of aromatic nitrogens is 6. The van der Waals surface area contributed by atoms with Crippen molar-refractivity contribution in [2.45, 2.75) is 19.8 Å². The number of aryl methyl sites for hydroxylation is 3. The standard InChI is InChI=1S/C18H15FN6O/c1-12-21-16(25(23-12)15-7-3-2-6-14(15)19)8-9-17-22-18(24-26-17)13-5-4-10-20-11-13/h2-7,10-11H,8-9H2,1H3. The zero-order valence-electron chi connectivity index (χ0n) is 14.0. The lowest BCUT2D eigenvalue weighted by molar-refractivity contribution is 0.377. The molecule has 4 aromatic rings. The fraction of sp³-hybridized carbons (Fsp3) is 0.167. The monoisotopic (exact) mass is 350 g/mol. The van der Waals surface area contributed by atoms with Gasteiger partial charge in [0.25, 0.3) is 0 Å². The molecule has 7 nitrogen and oxygen atoms in total. The van der Waals surface area contributed by atoms with Gasteiger partial charge in [-0.1, -0.05) is 17.3 Å². The van der Waals surface area contributed by atoms with Crippen molar-refractivity contribution in [3.8, 4) is 17.1 Å². The lowest BCUT2D eigenvalue weighted by Gasteiger charge is -2.05. The highest BCUT2D eigenvalue weighted by atomic mass is 19.1. The van der Waals surface area contributed by atoms with Crippen LogP contribution in [0.5, 0.6) is 0 Å². The van der Waals surface area contributed by atoms with Gasteiger partial charge in [0.15, 0.2) is 0 Å². The van der Waals surface area contributed by atoms with Gasteiger partial charge in [0, 0.05) is 30.8 Å². The molecule has 4 rings (SSSR count). The van der Waals surface area contributed by atoms with Gasteiger partial charge >= 0.3 is 0 Å². The van der Waals surface area contributed by atoms with Gasteiger partial charge in [-0.2, -0.15) is 10.1 Å². The van der Waals surface area contributed by atoms with Crippen molar-refractivity contribution >= 4 is 0 Å². The molecule has 0 fully saturated rings. The average Bonchev–Trinajstić information content (AvgIpc) is 3.28. The molecule has 0 atom stereocenters.